The van der Waals surface area contributed by atoms with E-state index in [1.54, 1.807) is 25.3 Å². The molecule has 2 aromatic carbocycles. The molecule has 5 heteroatoms. The number of ketones is 1. The Morgan fingerprint density at radius 2 is 1.79 bits per heavy atom. The van der Waals surface area contributed by atoms with E-state index in [4.69, 9.17) is 0 Å². The van der Waals surface area contributed by atoms with Crippen molar-refractivity contribution in [2.75, 3.05) is 5.75 Å². The summed E-state index contributed by atoms with van der Waals surface area (Å²) >= 11 is 0. The predicted octanol–water partition coefficient (Wildman–Crippen LogP) is 4.10. The Hall–Kier alpha value is -2.40. The van der Waals surface area contributed by atoms with E-state index in [0.29, 0.717) is 17.5 Å². The Kier molecular flexibility index (Phi) is 4.28. The minimum Gasteiger partial charge on any atom is -0.294 e. The molecule has 0 fully saturated rings. The van der Waals surface area contributed by atoms with Gasteiger partial charge in [-0.1, -0.05) is 43.3 Å². The van der Waals surface area contributed by atoms with E-state index in [1.807, 2.05) is 43.3 Å². The number of nitrogens with zero attached hydrogens (tertiary/aromatic N) is 1. The van der Waals surface area contributed by atoms with Crippen LogP contribution >= 0.6 is 0 Å². The van der Waals surface area contributed by atoms with Crippen molar-refractivity contribution in [3.63, 3.8) is 0 Å². The minimum atomic E-state index is -3.39. The van der Waals surface area contributed by atoms with E-state index in [-0.39, 0.29) is 11.5 Å². The van der Waals surface area contributed by atoms with Crippen LogP contribution in [0.3, 0.4) is 0 Å². The van der Waals surface area contributed by atoms with E-state index in [1.165, 1.54) is 3.97 Å². The van der Waals surface area contributed by atoms with Crippen LogP contribution in [0.15, 0.2) is 54.7 Å². The topological polar surface area (TPSA) is 56.1 Å². The lowest BCUT2D eigenvalue weighted by Crippen LogP contribution is -2.13. The maximum absolute atomic E-state index is 12.4. The lowest BCUT2D eigenvalue weighted by atomic mass is 10.00. The molecule has 0 N–H and O–H groups in total. The molecule has 0 aliphatic carbocycles. The number of rotatable bonds is 5. The van der Waals surface area contributed by atoms with Crippen molar-refractivity contribution in [2.45, 2.75) is 20.3 Å². The van der Waals surface area contributed by atoms with E-state index in [9.17, 15) is 13.2 Å². The molecular formula is C19H19NO3S. The first-order valence-electron chi connectivity index (χ1n) is 7.95. The fourth-order valence-corrected chi connectivity index (χ4v) is 3.82. The molecule has 0 unspecified atom stereocenters. The van der Waals surface area contributed by atoms with Gasteiger partial charge in [-0.05, 0) is 24.6 Å². The molecule has 3 aromatic rings. The van der Waals surface area contributed by atoms with Gasteiger partial charge in [-0.2, -0.15) is 0 Å². The molecule has 0 bridgehead atoms. The second-order valence-electron chi connectivity index (χ2n) is 5.61. The molecule has 0 saturated carbocycles. The number of para-hydroxylation sites is 1. The van der Waals surface area contributed by atoms with Crippen LogP contribution in [0.25, 0.3) is 22.0 Å². The zero-order valence-electron chi connectivity index (χ0n) is 13.7. The Labute approximate surface area is 141 Å². The van der Waals surface area contributed by atoms with Gasteiger partial charge in [0.15, 0.2) is 5.78 Å². The van der Waals surface area contributed by atoms with Crippen molar-refractivity contribution in [1.82, 2.24) is 3.97 Å². The molecular weight excluding hydrogens is 322 g/mol. The quantitative estimate of drug-likeness (QED) is 0.657. The van der Waals surface area contributed by atoms with Gasteiger partial charge in [-0.3, -0.25) is 4.79 Å². The second kappa shape index (κ2) is 6.24. The van der Waals surface area contributed by atoms with Crippen LogP contribution in [0.1, 0.15) is 30.6 Å². The maximum Gasteiger partial charge on any atom is 0.238 e. The molecule has 0 radical (unpaired) electrons. The normalized spacial score (nSPS) is 11.8. The van der Waals surface area contributed by atoms with Crippen molar-refractivity contribution in [1.29, 1.82) is 0 Å². The van der Waals surface area contributed by atoms with Crippen LogP contribution in [0.4, 0.5) is 0 Å². The Bertz CT molecular complexity index is 1020. The van der Waals surface area contributed by atoms with Crippen molar-refractivity contribution < 1.29 is 13.2 Å². The minimum absolute atomic E-state index is 0.0273. The Morgan fingerprint density at radius 1 is 1.04 bits per heavy atom. The summed E-state index contributed by atoms with van der Waals surface area (Å²) in [5.41, 5.74) is 2.95. The summed E-state index contributed by atoms with van der Waals surface area (Å²) in [6.07, 6.45) is 2.09. The third kappa shape index (κ3) is 2.76. The van der Waals surface area contributed by atoms with Crippen molar-refractivity contribution in [2.24, 2.45) is 0 Å². The fourth-order valence-electron chi connectivity index (χ4n) is 2.81. The molecule has 0 atom stereocenters. The van der Waals surface area contributed by atoms with Gasteiger partial charge < -0.3 is 0 Å². The van der Waals surface area contributed by atoms with Gasteiger partial charge in [-0.25, -0.2) is 12.4 Å². The number of hydrogen-bond donors (Lipinski definition) is 0. The zero-order chi connectivity index (χ0) is 17.3. The Balaban J connectivity index is 2.27. The summed E-state index contributed by atoms with van der Waals surface area (Å²) in [5.74, 6) is 0.0983. The van der Waals surface area contributed by atoms with Gasteiger partial charge in [-0.15, -0.1) is 0 Å². The van der Waals surface area contributed by atoms with Gasteiger partial charge >= 0.3 is 0 Å². The monoisotopic (exact) mass is 341 g/mol. The number of hydrogen-bond acceptors (Lipinski definition) is 3. The lowest BCUT2D eigenvalue weighted by Gasteiger charge is -2.04. The lowest BCUT2D eigenvalue weighted by molar-refractivity contribution is 0.0988. The van der Waals surface area contributed by atoms with Crippen LogP contribution in [-0.2, 0) is 10.0 Å². The van der Waals surface area contributed by atoms with Crippen LogP contribution in [0.2, 0.25) is 0 Å². The fraction of sp³-hybridized carbons (Fsp3) is 0.211. The molecule has 1 aromatic heterocycles. The van der Waals surface area contributed by atoms with Crippen molar-refractivity contribution in [3.05, 3.63) is 60.3 Å². The summed E-state index contributed by atoms with van der Waals surface area (Å²) in [7, 11) is -3.39. The summed E-state index contributed by atoms with van der Waals surface area (Å²) in [6, 6.07) is 14.8. The summed E-state index contributed by atoms with van der Waals surface area (Å²) in [5, 5.41) is 0.857. The van der Waals surface area contributed by atoms with Crippen molar-refractivity contribution in [3.8, 4) is 11.1 Å². The average Bonchev–Trinajstić information content (AvgIpc) is 3.01. The standard InChI is InChI=1S/C19H19NO3S/c1-3-19(21)15-9-7-8-14(12-15)17-13-20(24(22,23)4-2)18-11-6-5-10-16(17)18/h5-13H,3-4H2,1-2H3. The number of Topliss-reactive ketones (excluding diaryl/α,β-unsaturated/α-hetero) is 1. The first kappa shape index (κ1) is 16.5. The number of carbonyl (C=O) groups is 1. The highest BCUT2D eigenvalue weighted by Gasteiger charge is 2.18. The van der Waals surface area contributed by atoms with Gasteiger partial charge in [0, 0.05) is 29.1 Å². The molecule has 124 valence electrons. The van der Waals surface area contributed by atoms with Crippen LogP contribution < -0.4 is 0 Å². The van der Waals surface area contributed by atoms with Crippen LogP contribution in [-0.4, -0.2) is 23.9 Å². The Morgan fingerprint density at radius 3 is 2.50 bits per heavy atom. The van der Waals surface area contributed by atoms with E-state index >= 15 is 0 Å². The zero-order valence-corrected chi connectivity index (χ0v) is 14.5. The third-order valence-corrected chi connectivity index (χ3v) is 5.79. The molecule has 0 aliphatic rings. The molecule has 24 heavy (non-hydrogen) atoms. The summed E-state index contributed by atoms with van der Waals surface area (Å²) in [4.78, 5) is 12.0. The highest BCUT2D eigenvalue weighted by Crippen LogP contribution is 2.32. The molecule has 0 aliphatic heterocycles. The molecule has 0 saturated heterocycles. The predicted molar refractivity (Wildman–Crippen MR) is 96.9 cm³/mol. The third-order valence-electron chi connectivity index (χ3n) is 4.16. The van der Waals surface area contributed by atoms with Gasteiger partial charge in [0.25, 0.3) is 0 Å². The summed E-state index contributed by atoms with van der Waals surface area (Å²) < 4.78 is 26.1. The van der Waals surface area contributed by atoms with E-state index < -0.39 is 10.0 Å². The van der Waals surface area contributed by atoms with Crippen molar-refractivity contribution >= 4 is 26.7 Å². The molecule has 4 nitrogen and oxygen atoms in total. The highest BCUT2D eigenvalue weighted by molar-refractivity contribution is 7.90. The molecule has 3 rings (SSSR count). The molecule has 0 spiro atoms. The van der Waals surface area contributed by atoms with Crippen LogP contribution in [0.5, 0.6) is 0 Å². The summed E-state index contributed by atoms with van der Waals surface area (Å²) in [6.45, 7) is 3.46. The van der Waals surface area contributed by atoms with Crippen LogP contribution in [0, 0.1) is 0 Å². The first-order chi connectivity index (χ1) is 11.5. The maximum atomic E-state index is 12.4. The first-order valence-corrected chi connectivity index (χ1v) is 9.55. The van der Waals surface area contributed by atoms with E-state index in [0.717, 1.165) is 16.5 Å². The van der Waals surface area contributed by atoms with Gasteiger partial charge in [0.05, 0.1) is 11.3 Å². The number of aromatic nitrogens is 1. The number of fused-ring (bicyclic) bond motifs is 1. The molecule has 0 amide bonds. The number of benzene rings is 2. The van der Waals surface area contributed by atoms with E-state index in [2.05, 4.69) is 0 Å². The number of carbonyl (C=O) groups excluding carboxylic acids is 1. The highest BCUT2D eigenvalue weighted by atomic mass is 32.2. The van der Waals surface area contributed by atoms with Gasteiger partial charge in [0.1, 0.15) is 0 Å². The largest absolute Gasteiger partial charge is 0.294 e. The van der Waals surface area contributed by atoms with Gasteiger partial charge in [0.2, 0.25) is 10.0 Å². The SMILES string of the molecule is CCC(=O)c1cccc(-c2cn(S(=O)(=O)CC)c3ccccc23)c1. The average molecular weight is 341 g/mol. The smallest absolute Gasteiger partial charge is 0.238 e. The molecule has 1 heterocycles. The second-order valence-corrected chi connectivity index (χ2v) is 7.75.